The summed E-state index contributed by atoms with van der Waals surface area (Å²) in [7, 11) is 0. The lowest BCUT2D eigenvalue weighted by molar-refractivity contribution is -0.144. The lowest BCUT2D eigenvalue weighted by atomic mass is 9.84. The highest BCUT2D eigenvalue weighted by molar-refractivity contribution is 5.74. The summed E-state index contributed by atoms with van der Waals surface area (Å²) < 4.78 is 4.80. The Hall–Kier alpha value is -1.26. The van der Waals surface area contributed by atoms with E-state index >= 15 is 0 Å². The number of carbonyl (C=O) groups is 2. The van der Waals surface area contributed by atoms with Gasteiger partial charge in [0.2, 0.25) is 0 Å². The molecule has 0 aromatic heterocycles. The van der Waals surface area contributed by atoms with Gasteiger partial charge < -0.3 is 15.2 Å². The molecule has 0 aliphatic heterocycles. The predicted molar refractivity (Wildman–Crippen MR) is 55.9 cm³/mol. The zero-order valence-corrected chi connectivity index (χ0v) is 9.31. The minimum atomic E-state index is -0.797. The van der Waals surface area contributed by atoms with E-state index in [4.69, 9.17) is 9.84 Å². The third-order valence-corrected chi connectivity index (χ3v) is 3.76. The standard InChI is InChI=1S/C11H17NO4/c1-2-16-11(15)12-9-7-4-3-6(5-7)8(9)10(13)14/h6-9H,2-5H2,1H3,(H,12,15)(H,13,14). The van der Waals surface area contributed by atoms with E-state index in [0.29, 0.717) is 12.5 Å². The van der Waals surface area contributed by atoms with E-state index in [-0.39, 0.29) is 12.0 Å². The average molecular weight is 227 g/mol. The first-order valence-corrected chi connectivity index (χ1v) is 5.79. The van der Waals surface area contributed by atoms with Crippen molar-refractivity contribution in [2.45, 2.75) is 32.2 Å². The van der Waals surface area contributed by atoms with E-state index in [9.17, 15) is 9.59 Å². The second kappa shape index (κ2) is 4.31. The Morgan fingerprint density at radius 2 is 2.06 bits per heavy atom. The third kappa shape index (κ3) is 1.86. The van der Waals surface area contributed by atoms with Crippen LogP contribution in [0.1, 0.15) is 26.2 Å². The molecule has 16 heavy (non-hydrogen) atoms. The number of amides is 1. The second-order valence-corrected chi connectivity index (χ2v) is 4.59. The van der Waals surface area contributed by atoms with Crippen molar-refractivity contribution < 1.29 is 19.4 Å². The molecule has 1 amide bonds. The van der Waals surface area contributed by atoms with Gasteiger partial charge in [0.25, 0.3) is 0 Å². The Labute approximate surface area is 94.2 Å². The van der Waals surface area contributed by atoms with Gasteiger partial charge in [0.15, 0.2) is 0 Å². The van der Waals surface area contributed by atoms with Crippen molar-refractivity contribution in [1.29, 1.82) is 0 Å². The number of carbonyl (C=O) groups excluding carboxylic acids is 1. The van der Waals surface area contributed by atoms with Crippen LogP contribution in [0.4, 0.5) is 4.79 Å². The van der Waals surface area contributed by atoms with Crippen LogP contribution in [-0.4, -0.2) is 29.8 Å². The number of hydrogen-bond acceptors (Lipinski definition) is 3. The van der Waals surface area contributed by atoms with Gasteiger partial charge in [-0.1, -0.05) is 0 Å². The molecule has 4 atom stereocenters. The first-order chi connectivity index (χ1) is 7.63. The quantitative estimate of drug-likeness (QED) is 0.760. The van der Waals surface area contributed by atoms with Crippen LogP contribution in [0.3, 0.4) is 0 Å². The van der Waals surface area contributed by atoms with Crippen LogP contribution in [-0.2, 0) is 9.53 Å². The molecule has 0 radical (unpaired) electrons. The Morgan fingerprint density at radius 1 is 1.38 bits per heavy atom. The van der Waals surface area contributed by atoms with Crippen molar-refractivity contribution in [3.05, 3.63) is 0 Å². The zero-order valence-electron chi connectivity index (χ0n) is 9.31. The molecule has 2 aliphatic rings. The van der Waals surface area contributed by atoms with Gasteiger partial charge in [0.1, 0.15) is 0 Å². The monoisotopic (exact) mass is 227 g/mol. The number of aliphatic carboxylic acids is 1. The molecule has 5 nitrogen and oxygen atoms in total. The molecule has 0 spiro atoms. The lowest BCUT2D eigenvalue weighted by Gasteiger charge is -2.28. The minimum absolute atomic E-state index is 0.231. The molecule has 90 valence electrons. The van der Waals surface area contributed by atoms with Gasteiger partial charge in [-0.25, -0.2) is 4.79 Å². The molecule has 0 saturated heterocycles. The number of hydrogen-bond donors (Lipinski definition) is 2. The van der Waals surface area contributed by atoms with E-state index in [1.165, 1.54) is 0 Å². The molecule has 2 aliphatic carbocycles. The smallest absolute Gasteiger partial charge is 0.407 e. The maximum Gasteiger partial charge on any atom is 0.407 e. The molecule has 5 heteroatoms. The number of alkyl carbamates (subject to hydrolysis) is 1. The zero-order chi connectivity index (χ0) is 11.7. The number of rotatable bonds is 3. The summed E-state index contributed by atoms with van der Waals surface area (Å²) >= 11 is 0. The maximum absolute atomic E-state index is 11.3. The largest absolute Gasteiger partial charge is 0.481 e. The normalized spacial score (nSPS) is 36.1. The molecular weight excluding hydrogens is 210 g/mol. The average Bonchev–Trinajstić information content (AvgIpc) is 2.77. The van der Waals surface area contributed by atoms with Crippen LogP contribution < -0.4 is 5.32 Å². The molecule has 2 N–H and O–H groups in total. The van der Waals surface area contributed by atoms with E-state index in [1.54, 1.807) is 6.92 Å². The summed E-state index contributed by atoms with van der Waals surface area (Å²) in [6, 6.07) is -0.240. The van der Waals surface area contributed by atoms with Crippen molar-refractivity contribution >= 4 is 12.1 Å². The van der Waals surface area contributed by atoms with E-state index in [0.717, 1.165) is 19.3 Å². The fourth-order valence-electron chi connectivity index (χ4n) is 3.16. The topological polar surface area (TPSA) is 75.6 Å². The number of ether oxygens (including phenoxy) is 1. The Bertz CT molecular complexity index is 304. The van der Waals surface area contributed by atoms with Gasteiger partial charge in [-0.15, -0.1) is 0 Å². The van der Waals surface area contributed by atoms with Crippen LogP contribution in [0.25, 0.3) is 0 Å². The first-order valence-electron chi connectivity index (χ1n) is 5.79. The van der Waals surface area contributed by atoms with E-state index in [1.807, 2.05) is 0 Å². The fraction of sp³-hybridized carbons (Fsp3) is 0.818. The van der Waals surface area contributed by atoms with Crippen LogP contribution in [0.15, 0.2) is 0 Å². The summed E-state index contributed by atoms with van der Waals surface area (Å²) in [4.78, 5) is 22.5. The number of carboxylic acids is 1. The summed E-state index contributed by atoms with van der Waals surface area (Å²) in [6.45, 7) is 2.04. The minimum Gasteiger partial charge on any atom is -0.481 e. The molecule has 0 aromatic carbocycles. The van der Waals surface area contributed by atoms with Gasteiger partial charge in [-0.05, 0) is 38.0 Å². The number of fused-ring (bicyclic) bond motifs is 2. The Morgan fingerprint density at radius 3 is 2.69 bits per heavy atom. The summed E-state index contributed by atoms with van der Waals surface area (Å²) in [5, 5.41) is 11.9. The predicted octanol–water partition coefficient (Wildman–Crippen LogP) is 1.23. The van der Waals surface area contributed by atoms with Gasteiger partial charge in [0.05, 0.1) is 12.5 Å². The van der Waals surface area contributed by atoms with Gasteiger partial charge in [-0.2, -0.15) is 0 Å². The highest BCUT2D eigenvalue weighted by atomic mass is 16.5. The van der Waals surface area contributed by atoms with Gasteiger partial charge in [0, 0.05) is 6.04 Å². The molecule has 0 aromatic rings. The number of nitrogens with one attached hydrogen (secondary N) is 1. The lowest BCUT2D eigenvalue weighted by Crippen LogP contribution is -2.47. The van der Waals surface area contributed by atoms with Crippen molar-refractivity contribution in [3.63, 3.8) is 0 Å². The maximum atomic E-state index is 11.3. The molecule has 2 bridgehead atoms. The highest BCUT2D eigenvalue weighted by Gasteiger charge is 2.51. The summed E-state index contributed by atoms with van der Waals surface area (Å²) in [5.74, 6) is -0.679. The molecular formula is C11H17NO4. The third-order valence-electron chi connectivity index (χ3n) is 3.76. The first kappa shape index (κ1) is 11.2. The van der Waals surface area contributed by atoms with Crippen molar-refractivity contribution in [1.82, 2.24) is 5.32 Å². The van der Waals surface area contributed by atoms with Crippen molar-refractivity contribution in [2.24, 2.45) is 17.8 Å². The Kier molecular flexibility index (Phi) is 3.03. The van der Waals surface area contributed by atoms with Crippen molar-refractivity contribution in [3.8, 4) is 0 Å². The van der Waals surface area contributed by atoms with Crippen LogP contribution in [0, 0.1) is 17.8 Å². The van der Waals surface area contributed by atoms with Crippen LogP contribution >= 0.6 is 0 Å². The van der Waals surface area contributed by atoms with Crippen molar-refractivity contribution in [2.75, 3.05) is 6.61 Å². The fourth-order valence-corrected chi connectivity index (χ4v) is 3.16. The molecule has 4 unspecified atom stereocenters. The molecule has 2 fully saturated rings. The SMILES string of the molecule is CCOC(=O)NC1C2CCC(C2)C1C(=O)O. The number of carboxylic acid groups (broad SMARTS) is 1. The van der Waals surface area contributed by atoms with Crippen LogP contribution in [0.2, 0.25) is 0 Å². The summed E-state index contributed by atoms with van der Waals surface area (Å²) in [6.07, 6.45) is 2.42. The van der Waals surface area contributed by atoms with E-state index < -0.39 is 18.0 Å². The Balaban J connectivity index is 2.02. The van der Waals surface area contributed by atoms with Gasteiger partial charge in [-0.3, -0.25) is 4.79 Å². The van der Waals surface area contributed by atoms with E-state index in [2.05, 4.69) is 5.32 Å². The molecule has 0 heterocycles. The van der Waals surface area contributed by atoms with Crippen LogP contribution in [0.5, 0.6) is 0 Å². The molecule has 2 rings (SSSR count). The summed E-state index contributed by atoms with van der Waals surface area (Å²) in [5.41, 5.74) is 0. The molecule has 2 saturated carbocycles. The van der Waals surface area contributed by atoms with Gasteiger partial charge >= 0.3 is 12.1 Å². The highest BCUT2D eigenvalue weighted by Crippen LogP contribution is 2.48. The second-order valence-electron chi connectivity index (χ2n) is 4.59.